The number of nitriles is 1. The Labute approximate surface area is 124 Å². The van der Waals surface area contributed by atoms with Gasteiger partial charge in [0.1, 0.15) is 11.9 Å². The number of nitrogens with one attached hydrogen (secondary N) is 1. The molecule has 1 aliphatic carbocycles. The van der Waals surface area contributed by atoms with Crippen LogP contribution in [-0.4, -0.2) is 0 Å². The Balaban J connectivity index is 1.96. The molecule has 21 heavy (non-hydrogen) atoms. The number of hydrogen-bond donors (Lipinski definition) is 1. The van der Waals surface area contributed by atoms with Crippen LogP contribution in [0, 0.1) is 22.6 Å². The molecule has 0 saturated heterocycles. The molecule has 0 spiro atoms. The fourth-order valence-electron chi connectivity index (χ4n) is 3.13. The van der Waals surface area contributed by atoms with Crippen LogP contribution in [0.15, 0.2) is 42.5 Å². The normalized spacial score (nSPS) is 18.9. The first kappa shape index (κ1) is 13.6. The molecule has 0 heterocycles. The average molecular weight is 280 g/mol. The summed E-state index contributed by atoms with van der Waals surface area (Å²) in [6.07, 6.45) is 1.01. The lowest BCUT2D eigenvalue weighted by atomic mass is 9.85. The lowest BCUT2D eigenvalue weighted by Gasteiger charge is -2.29. The van der Waals surface area contributed by atoms with E-state index in [2.05, 4.69) is 37.4 Å². The standard InChI is InChI=1S/C18H17FN2/c1-18(2)10-12-5-3-4-6-15(12)17(18)21-14-7-8-16(19)13(9-14)11-20/h3-9,17,21H,10H2,1-2H3. The summed E-state index contributed by atoms with van der Waals surface area (Å²) in [5.74, 6) is -0.478. The van der Waals surface area contributed by atoms with Crippen molar-refractivity contribution in [3.05, 3.63) is 65.0 Å². The fraction of sp³-hybridized carbons (Fsp3) is 0.278. The monoisotopic (exact) mass is 280 g/mol. The number of fused-ring (bicyclic) bond motifs is 1. The molecular weight excluding hydrogens is 263 g/mol. The summed E-state index contributed by atoms with van der Waals surface area (Å²) in [5, 5.41) is 12.4. The highest BCUT2D eigenvalue weighted by Gasteiger charge is 2.38. The third-order valence-electron chi connectivity index (χ3n) is 4.19. The number of hydrogen-bond acceptors (Lipinski definition) is 2. The predicted octanol–water partition coefficient (Wildman–Crippen LogP) is 4.43. The molecule has 2 aromatic rings. The molecule has 0 saturated carbocycles. The van der Waals surface area contributed by atoms with Gasteiger partial charge >= 0.3 is 0 Å². The minimum Gasteiger partial charge on any atom is -0.378 e. The van der Waals surface area contributed by atoms with Crippen molar-refractivity contribution in [2.24, 2.45) is 5.41 Å². The highest BCUT2D eigenvalue weighted by atomic mass is 19.1. The molecule has 0 amide bonds. The van der Waals surface area contributed by atoms with Gasteiger partial charge in [-0.3, -0.25) is 0 Å². The second-order valence-corrected chi connectivity index (χ2v) is 6.25. The summed E-state index contributed by atoms with van der Waals surface area (Å²) in [4.78, 5) is 0. The van der Waals surface area contributed by atoms with Gasteiger partial charge < -0.3 is 5.32 Å². The van der Waals surface area contributed by atoms with Gasteiger partial charge in [-0.1, -0.05) is 38.1 Å². The molecule has 2 nitrogen and oxygen atoms in total. The van der Waals surface area contributed by atoms with Crippen LogP contribution < -0.4 is 5.32 Å². The molecule has 0 fully saturated rings. The number of rotatable bonds is 2. The van der Waals surface area contributed by atoms with Crippen LogP contribution in [0.5, 0.6) is 0 Å². The fourth-order valence-corrected chi connectivity index (χ4v) is 3.13. The van der Waals surface area contributed by atoms with Crippen LogP contribution in [0.2, 0.25) is 0 Å². The molecule has 2 aromatic carbocycles. The SMILES string of the molecule is CC1(C)Cc2ccccc2C1Nc1ccc(F)c(C#N)c1. The molecule has 1 aliphatic rings. The Morgan fingerprint density at radius 2 is 2.00 bits per heavy atom. The molecule has 3 rings (SSSR count). The molecule has 1 atom stereocenters. The maximum atomic E-state index is 13.4. The van der Waals surface area contributed by atoms with Crippen LogP contribution in [0.3, 0.4) is 0 Å². The minimum absolute atomic E-state index is 0.0732. The Kier molecular flexibility index (Phi) is 3.17. The van der Waals surface area contributed by atoms with Gasteiger partial charge in [-0.2, -0.15) is 5.26 Å². The van der Waals surface area contributed by atoms with Crippen LogP contribution in [-0.2, 0) is 6.42 Å². The molecule has 1 N–H and O–H groups in total. The van der Waals surface area contributed by atoms with Crippen LogP contribution in [0.25, 0.3) is 0 Å². The zero-order valence-electron chi connectivity index (χ0n) is 12.2. The Bertz CT molecular complexity index is 728. The zero-order valence-corrected chi connectivity index (χ0v) is 12.2. The Morgan fingerprint density at radius 3 is 2.76 bits per heavy atom. The summed E-state index contributed by atoms with van der Waals surface area (Å²) in [6.45, 7) is 4.44. The number of nitrogens with zero attached hydrogens (tertiary/aromatic N) is 1. The zero-order chi connectivity index (χ0) is 15.0. The van der Waals surface area contributed by atoms with Gasteiger partial charge in [-0.25, -0.2) is 4.39 Å². The van der Waals surface area contributed by atoms with E-state index in [0.29, 0.717) is 0 Å². The number of halogens is 1. The van der Waals surface area contributed by atoms with Crippen molar-refractivity contribution in [1.82, 2.24) is 0 Å². The van der Waals surface area contributed by atoms with Gasteiger partial charge in [0.15, 0.2) is 0 Å². The van der Waals surface area contributed by atoms with Crippen molar-refractivity contribution in [2.75, 3.05) is 5.32 Å². The van der Waals surface area contributed by atoms with Crippen molar-refractivity contribution < 1.29 is 4.39 Å². The highest BCUT2D eigenvalue weighted by Crippen LogP contribution is 2.46. The highest BCUT2D eigenvalue weighted by molar-refractivity contribution is 5.53. The summed E-state index contributed by atoms with van der Waals surface area (Å²) in [7, 11) is 0. The lowest BCUT2D eigenvalue weighted by molar-refractivity contribution is 0.337. The van der Waals surface area contributed by atoms with Gasteiger partial charge in [-0.15, -0.1) is 0 Å². The summed E-state index contributed by atoms with van der Waals surface area (Å²) in [6, 6.07) is 15.0. The number of anilines is 1. The molecule has 0 radical (unpaired) electrons. The molecule has 106 valence electrons. The van der Waals surface area contributed by atoms with Crippen molar-refractivity contribution in [2.45, 2.75) is 26.3 Å². The van der Waals surface area contributed by atoms with E-state index >= 15 is 0 Å². The summed E-state index contributed by atoms with van der Waals surface area (Å²) < 4.78 is 13.4. The van der Waals surface area contributed by atoms with Crippen LogP contribution in [0.4, 0.5) is 10.1 Å². The Morgan fingerprint density at radius 1 is 1.24 bits per heavy atom. The van der Waals surface area contributed by atoms with Crippen LogP contribution >= 0.6 is 0 Å². The third-order valence-corrected chi connectivity index (χ3v) is 4.19. The van der Waals surface area contributed by atoms with E-state index in [1.165, 1.54) is 17.2 Å². The van der Waals surface area contributed by atoms with E-state index in [1.54, 1.807) is 12.1 Å². The van der Waals surface area contributed by atoms with Gasteiger partial charge in [0, 0.05) is 5.69 Å². The smallest absolute Gasteiger partial charge is 0.141 e. The first-order valence-corrected chi connectivity index (χ1v) is 7.05. The van der Waals surface area contributed by atoms with Gasteiger partial charge in [0.25, 0.3) is 0 Å². The minimum atomic E-state index is -0.478. The van der Waals surface area contributed by atoms with Gasteiger partial charge in [-0.05, 0) is 41.2 Å². The summed E-state index contributed by atoms with van der Waals surface area (Å²) in [5.41, 5.74) is 3.56. The first-order valence-electron chi connectivity index (χ1n) is 7.05. The number of benzene rings is 2. The quantitative estimate of drug-likeness (QED) is 0.883. The predicted molar refractivity (Wildman–Crippen MR) is 81.4 cm³/mol. The Hall–Kier alpha value is -2.34. The van der Waals surface area contributed by atoms with Crippen molar-refractivity contribution in [3.8, 4) is 6.07 Å². The topological polar surface area (TPSA) is 35.8 Å². The van der Waals surface area contributed by atoms with E-state index in [-0.39, 0.29) is 17.0 Å². The molecular formula is C18H17FN2. The van der Waals surface area contributed by atoms with Crippen LogP contribution in [0.1, 0.15) is 36.6 Å². The molecule has 0 aliphatic heterocycles. The van der Waals surface area contributed by atoms with E-state index in [9.17, 15) is 4.39 Å². The summed E-state index contributed by atoms with van der Waals surface area (Å²) >= 11 is 0. The van der Waals surface area contributed by atoms with E-state index in [4.69, 9.17) is 5.26 Å². The van der Waals surface area contributed by atoms with E-state index in [0.717, 1.165) is 12.1 Å². The molecule has 3 heteroatoms. The largest absolute Gasteiger partial charge is 0.378 e. The van der Waals surface area contributed by atoms with Gasteiger partial charge in [0.05, 0.1) is 11.6 Å². The van der Waals surface area contributed by atoms with Gasteiger partial charge in [0.2, 0.25) is 0 Å². The second kappa shape index (κ2) is 4.89. The molecule has 1 unspecified atom stereocenters. The second-order valence-electron chi connectivity index (χ2n) is 6.25. The lowest BCUT2D eigenvalue weighted by Crippen LogP contribution is -2.24. The third kappa shape index (κ3) is 2.38. The van der Waals surface area contributed by atoms with E-state index in [1.807, 2.05) is 12.1 Å². The molecule has 0 bridgehead atoms. The van der Waals surface area contributed by atoms with Crippen molar-refractivity contribution in [3.63, 3.8) is 0 Å². The van der Waals surface area contributed by atoms with Crippen molar-refractivity contribution in [1.29, 1.82) is 5.26 Å². The van der Waals surface area contributed by atoms with Crippen molar-refractivity contribution >= 4 is 5.69 Å². The maximum Gasteiger partial charge on any atom is 0.141 e. The molecule has 0 aromatic heterocycles. The maximum absolute atomic E-state index is 13.4. The average Bonchev–Trinajstić information content (AvgIpc) is 2.71. The first-order chi connectivity index (χ1) is 10.0. The van der Waals surface area contributed by atoms with E-state index < -0.39 is 5.82 Å².